The van der Waals surface area contributed by atoms with Gasteiger partial charge in [0.25, 0.3) is 0 Å². The van der Waals surface area contributed by atoms with Gasteiger partial charge in [0.1, 0.15) is 5.75 Å². The van der Waals surface area contributed by atoms with Gasteiger partial charge in [-0.1, -0.05) is 15.9 Å². The summed E-state index contributed by atoms with van der Waals surface area (Å²) < 4.78 is 6.69. The summed E-state index contributed by atoms with van der Waals surface area (Å²) >= 11 is 3.40. The van der Waals surface area contributed by atoms with Crippen molar-refractivity contribution < 1.29 is 4.74 Å². The van der Waals surface area contributed by atoms with Crippen LogP contribution in [0.15, 0.2) is 28.7 Å². The molecule has 3 heteroatoms. The lowest BCUT2D eigenvalue weighted by atomic mass is 10.3. The summed E-state index contributed by atoms with van der Waals surface area (Å²) in [4.78, 5) is 0. The van der Waals surface area contributed by atoms with E-state index in [2.05, 4.69) is 21.2 Å². The Labute approximate surface area is 99.1 Å². The molecule has 1 aliphatic carbocycles. The van der Waals surface area contributed by atoms with Gasteiger partial charge < -0.3 is 10.1 Å². The van der Waals surface area contributed by atoms with Crippen molar-refractivity contribution in [3.63, 3.8) is 0 Å². The van der Waals surface area contributed by atoms with Crippen LogP contribution in [0.1, 0.15) is 19.3 Å². The minimum absolute atomic E-state index is 0.793. The van der Waals surface area contributed by atoms with Crippen LogP contribution in [-0.4, -0.2) is 19.2 Å². The molecule has 0 unspecified atom stereocenters. The summed E-state index contributed by atoms with van der Waals surface area (Å²) in [6.45, 7) is 1.86. The molecule has 1 aromatic carbocycles. The summed E-state index contributed by atoms with van der Waals surface area (Å²) in [7, 11) is 0. The van der Waals surface area contributed by atoms with Gasteiger partial charge in [0.2, 0.25) is 0 Å². The number of halogens is 1. The molecule has 0 saturated heterocycles. The summed E-state index contributed by atoms with van der Waals surface area (Å²) in [5, 5.41) is 3.46. The van der Waals surface area contributed by atoms with Crippen LogP contribution in [-0.2, 0) is 0 Å². The predicted molar refractivity (Wildman–Crippen MR) is 65.3 cm³/mol. The highest BCUT2D eigenvalue weighted by Gasteiger charge is 2.19. The predicted octanol–water partition coefficient (Wildman–Crippen LogP) is 2.97. The number of benzene rings is 1. The van der Waals surface area contributed by atoms with Crippen LogP contribution in [0.3, 0.4) is 0 Å². The van der Waals surface area contributed by atoms with Gasteiger partial charge in [-0.3, -0.25) is 0 Å². The van der Waals surface area contributed by atoms with Gasteiger partial charge in [-0.15, -0.1) is 0 Å². The van der Waals surface area contributed by atoms with Crippen molar-refractivity contribution in [2.75, 3.05) is 13.2 Å². The zero-order chi connectivity index (χ0) is 10.5. The molecule has 0 aliphatic heterocycles. The van der Waals surface area contributed by atoms with E-state index in [1.807, 2.05) is 24.3 Å². The highest BCUT2D eigenvalue weighted by atomic mass is 79.9. The maximum Gasteiger partial charge on any atom is 0.119 e. The summed E-state index contributed by atoms with van der Waals surface area (Å²) in [5.74, 6) is 0.949. The molecule has 0 spiro atoms. The van der Waals surface area contributed by atoms with Crippen molar-refractivity contribution in [3.8, 4) is 5.75 Å². The molecule has 1 aliphatic rings. The minimum Gasteiger partial charge on any atom is -0.494 e. The maximum absolute atomic E-state index is 5.60. The van der Waals surface area contributed by atoms with E-state index in [4.69, 9.17) is 4.74 Å². The lowest BCUT2D eigenvalue weighted by Crippen LogP contribution is -2.19. The fraction of sp³-hybridized carbons (Fsp3) is 0.500. The first-order valence-corrected chi connectivity index (χ1v) is 6.25. The largest absolute Gasteiger partial charge is 0.494 e. The van der Waals surface area contributed by atoms with E-state index in [1.54, 1.807) is 0 Å². The first-order valence-electron chi connectivity index (χ1n) is 5.46. The Morgan fingerprint density at radius 2 is 2.00 bits per heavy atom. The van der Waals surface area contributed by atoms with Gasteiger partial charge in [-0.05, 0) is 50.1 Å². The molecule has 82 valence electrons. The second-order valence-electron chi connectivity index (χ2n) is 3.88. The topological polar surface area (TPSA) is 21.3 Å². The van der Waals surface area contributed by atoms with Crippen LogP contribution < -0.4 is 10.1 Å². The second kappa shape index (κ2) is 5.52. The summed E-state index contributed by atoms with van der Waals surface area (Å²) in [6, 6.07) is 8.77. The third-order valence-corrected chi connectivity index (χ3v) is 2.94. The average molecular weight is 270 g/mol. The standard InChI is InChI=1S/C12H16BrNO/c13-10-2-6-12(7-3-10)15-9-1-8-14-11-4-5-11/h2-3,6-7,11,14H,1,4-5,8-9H2. The van der Waals surface area contributed by atoms with Crippen LogP contribution in [0.2, 0.25) is 0 Å². The van der Waals surface area contributed by atoms with E-state index in [0.29, 0.717) is 0 Å². The van der Waals surface area contributed by atoms with Gasteiger partial charge >= 0.3 is 0 Å². The van der Waals surface area contributed by atoms with Crippen LogP contribution in [0.5, 0.6) is 5.75 Å². The molecular formula is C12H16BrNO. The molecule has 0 atom stereocenters. The van der Waals surface area contributed by atoms with Gasteiger partial charge in [0.15, 0.2) is 0 Å². The van der Waals surface area contributed by atoms with Gasteiger partial charge in [-0.25, -0.2) is 0 Å². The van der Waals surface area contributed by atoms with Crippen LogP contribution in [0.25, 0.3) is 0 Å². The molecule has 1 N–H and O–H groups in total. The molecule has 0 radical (unpaired) electrons. The van der Waals surface area contributed by atoms with Crippen molar-refractivity contribution in [1.82, 2.24) is 5.32 Å². The Morgan fingerprint density at radius 1 is 1.27 bits per heavy atom. The van der Waals surface area contributed by atoms with Crippen LogP contribution in [0.4, 0.5) is 0 Å². The van der Waals surface area contributed by atoms with Crippen molar-refractivity contribution in [3.05, 3.63) is 28.7 Å². The summed E-state index contributed by atoms with van der Waals surface area (Å²) in [6.07, 6.45) is 3.79. The third-order valence-electron chi connectivity index (χ3n) is 2.41. The van der Waals surface area contributed by atoms with Crippen molar-refractivity contribution in [2.45, 2.75) is 25.3 Å². The van der Waals surface area contributed by atoms with Crippen molar-refractivity contribution >= 4 is 15.9 Å². The normalized spacial score (nSPS) is 15.3. The van der Waals surface area contributed by atoms with Gasteiger partial charge in [0.05, 0.1) is 6.61 Å². The van der Waals surface area contributed by atoms with E-state index in [9.17, 15) is 0 Å². The molecule has 2 rings (SSSR count). The quantitative estimate of drug-likeness (QED) is 0.802. The highest BCUT2D eigenvalue weighted by Crippen LogP contribution is 2.18. The smallest absolute Gasteiger partial charge is 0.119 e. The van der Waals surface area contributed by atoms with E-state index in [0.717, 1.165) is 35.8 Å². The summed E-state index contributed by atoms with van der Waals surface area (Å²) in [5.41, 5.74) is 0. The molecule has 15 heavy (non-hydrogen) atoms. The molecule has 0 amide bonds. The molecule has 1 saturated carbocycles. The Hall–Kier alpha value is -0.540. The SMILES string of the molecule is Brc1ccc(OCCCNC2CC2)cc1. The lowest BCUT2D eigenvalue weighted by molar-refractivity contribution is 0.308. The monoisotopic (exact) mass is 269 g/mol. The lowest BCUT2D eigenvalue weighted by Gasteiger charge is -2.06. The average Bonchev–Trinajstić information content (AvgIpc) is 3.04. The molecule has 1 aromatic rings. The molecule has 2 nitrogen and oxygen atoms in total. The second-order valence-corrected chi connectivity index (χ2v) is 4.80. The Balaban J connectivity index is 1.58. The number of rotatable bonds is 6. The molecule has 0 bridgehead atoms. The van der Waals surface area contributed by atoms with Crippen molar-refractivity contribution in [1.29, 1.82) is 0 Å². The Morgan fingerprint density at radius 3 is 2.67 bits per heavy atom. The van der Waals surface area contributed by atoms with E-state index in [1.165, 1.54) is 12.8 Å². The Kier molecular flexibility index (Phi) is 4.03. The van der Waals surface area contributed by atoms with Crippen LogP contribution in [0, 0.1) is 0 Å². The highest BCUT2D eigenvalue weighted by molar-refractivity contribution is 9.10. The molecule has 0 aromatic heterocycles. The van der Waals surface area contributed by atoms with Gasteiger partial charge in [0, 0.05) is 10.5 Å². The Bertz CT molecular complexity index is 295. The van der Waals surface area contributed by atoms with E-state index >= 15 is 0 Å². The van der Waals surface area contributed by atoms with Gasteiger partial charge in [-0.2, -0.15) is 0 Å². The molecule has 0 heterocycles. The fourth-order valence-electron chi connectivity index (χ4n) is 1.39. The minimum atomic E-state index is 0.793. The maximum atomic E-state index is 5.60. The molecule has 1 fully saturated rings. The first-order chi connectivity index (χ1) is 7.34. The van der Waals surface area contributed by atoms with Crippen molar-refractivity contribution in [2.24, 2.45) is 0 Å². The van der Waals surface area contributed by atoms with Crippen LogP contribution >= 0.6 is 15.9 Å². The zero-order valence-electron chi connectivity index (χ0n) is 8.71. The van der Waals surface area contributed by atoms with E-state index < -0.39 is 0 Å². The third kappa shape index (κ3) is 4.22. The fourth-order valence-corrected chi connectivity index (χ4v) is 1.65. The zero-order valence-corrected chi connectivity index (χ0v) is 10.3. The van der Waals surface area contributed by atoms with E-state index in [-0.39, 0.29) is 0 Å². The number of hydrogen-bond acceptors (Lipinski definition) is 2. The number of hydrogen-bond donors (Lipinski definition) is 1. The first kappa shape index (κ1) is 11.0. The molecular weight excluding hydrogens is 254 g/mol. The number of nitrogens with one attached hydrogen (secondary N) is 1. The number of ether oxygens (including phenoxy) is 1.